The smallest absolute Gasteiger partial charge is 0.191 e. The number of nitrogens with one attached hydrogen (secondary N) is 2. The van der Waals surface area contributed by atoms with Crippen LogP contribution in [0.15, 0.2) is 59.6 Å². The first kappa shape index (κ1) is 24.8. The molecule has 6 nitrogen and oxygen atoms in total. The van der Waals surface area contributed by atoms with Gasteiger partial charge in [-0.15, -0.1) is 24.0 Å². The normalized spacial score (nSPS) is 19.8. The molecule has 2 heterocycles. The van der Waals surface area contributed by atoms with Gasteiger partial charge in [-0.05, 0) is 43.0 Å². The van der Waals surface area contributed by atoms with Crippen molar-refractivity contribution in [3.63, 3.8) is 0 Å². The number of halogens is 1. The van der Waals surface area contributed by atoms with Crippen LogP contribution < -0.4 is 15.5 Å². The summed E-state index contributed by atoms with van der Waals surface area (Å²) >= 11 is 0. The summed E-state index contributed by atoms with van der Waals surface area (Å²) in [4.78, 5) is 9.42. The van der Waals surface area contributed by atoms with Gasteiger partial charge in [-0.1, -0.05) is 42.5 Å². The Morgan fingerprint density at radius 1 is 1.09 bits per heavy atom. The summed E-state index contributed by atoms with van der Waals surface area (Å²) in [7, 11) is 0. The van der Waals surface area contributed by atoms with Crippen LogP contribution in [-0.4, -0.2) is 67.4 Å². The number of aliphatic hydroxyl groups excluding tert-OH is 1. The van der Waals surface area contributed by atoms with E-state index in [1.165, 1.54) is 16.8 Å². The number of anilines is 1. The zero-order chi connectivity index (χ0) is 21.5. The first-order valence-corrected chi connectivity index (χ1v) is 11.5. The summed E-state index contributed by atoms with van der Waals surface area (Å²) in [5.41, 5.74) is 4.09. The van der Waals surface area contributed by atoms with Gasteiger partial charge in [-0.2, -0.15) is 0 Å². The van der Waals surface area contributed by atoms with Crippen LogP contribution in [0.1, 0.15) is 24.5 Å². The van der Waals surface area contributed by atoms with Gasteiger partial charge in [0.15, 0.2) is 5.96 Å². The first-order valence-electron chi connectivity index (χ1n) is 11.5. The molecule has 2 aliphatic heterocycles. The molecule has 32 heavy (non-hydrogen) atoms. The monoisotopic (exact) mass is 549 g/mol. The Kier molecular flexibility index (Phi) is 9.62. The van der Waals surface area contributed by atoms with Crippen molar-refractivity contribution in [2.45, 2.75) is 38.5 Å². The lowest BCUT2D eigenvalue weighted by atomic mass is 10.00. The topological polar surface area (TPSA) is 63.1 Å². The summed E-state index contributed by atoms with van der Waals surface area (Å²) in [6.45, 7) is 7.85. The lowest BCUT2D eigenvalue weighted by molar-refractivity contribution is 0.111. The summed E-state index contributed by atoms with van der Waals surface area (Å²) in [5, 5.41) is 17.5. The molecule has 7 heteroatoms. The first-order chi connectivity index (χ1) is 15.2. The summed E-state index contributed by atoms with van der Waals surface area (Å²) in [5.74, 6) is 0.797. The van der Waals surface area contributed by atoms with Gasteiger partial charge in [0.2, 0.25) is 0 Å². The maximum atomic E-state index is 10.6. The minimum Gasteiger partial charge on any atom is -0.390 e. The maximum absolute atomic E-state index is 10.6. The molecule has 0 saturated carbocycles. The molecular weight excluding hydrogens is 513 g/mol. The predicted molar refractivity (Wildman–Crippen MR) is 143 cm³/mol. The summed E-state index contributed by atoms with van der Waals surface area (Å²) < 4.78 is 0. The van der Waals surface area contributed by atoms with Gasteiger partial charge in [0.05, 0.1) is 12.6 Å². The second-order valence-corrected chi connectivity index (χ2v) is 8.54. The molecule has 2 aromatic carbocycles. The van der Waals surface area contributed by atoms with E-state index in [1.807, 2.05) is 0 Å². The molecule has 2 aromatic rings. The van der Waals surface area contributed by atoms with Gasteiger partial charge < -0.3 is 20.6 Å². The fourth-order valence-corrected chi connectivity index (χ4v) is 4.53. The lowest BCUT2D eigenvalue weighted by Crippen LogP contribution is -2.45. The van der Waals surface area contributed by atoms with E-state index in [9.17, 15) is 5.11 Å². The average molecular weight is 550 g/mol. The number of aliphatic hydroxyl groups is 1. The number of para-hydroxylation sites is 1. The molecule has 0 radical (unpaired) electrons. The molecule has 1 fully saturated rings. The van der Waals surface area contributed by atoms with Gasteiger partial charge in [-0.3, -0.25) is 9.89 Å². The highest BCUT2D eigenvalue weighted by atomic mass is 127. The van der Waals surface area contributed by atoms with Crippen molar-refractivity contribution in [2.24, 2.45) is 4.99 Å². The van der Waals surface area contributed by atoms with Crippen molar-refractivity contribution >= 4 is 35.6 Å². The Bertz CT molecular complexity index is 862. The third-order valence-electron chi connectivity index (χ3n) is 6.13. The Balaban J connectivity index is 0.00000289. The summed E-state index contributed by atoms with van der Waals surface area (Å²) in [6, 6.07) is 19.5. The van der Waals surface area contributed by atoms with Crippen molar-refractivity contribution in [2.75, 3.05) is 44.2 Å². The second-order valence-electron chi connectivity index (χ2n) is 8.54. The number of β-amino-alcohol motifs (C(OH)–C–C–N with tert-alkyl or cyclic N) is 1. The standard InChI is InChI=1S/C25H35N5O.HI/c1-2-26-25(28-22-13-15-30(18-22)23-10-4-3-5-11-23)27-16-24(31)19-29-14-12-20-8-6-7-9-21(20)17-29;/h3-11,22,24,31H,2,12-19H2,1H3,(H2,26,27,28);1H. The average Bonchev–Trinajstić information content (AvgIpc) is 3.27. The molecule has 0 spiro atoms. The zero-order valence-electron chi connectivity index (χ0n) is 18.9. The van der Waals surface area contributed by atoms with Crippen LogP contribution in [0.4, 0.5) is 5.69 Å². The number of aliphatic imine (C=N–C) groups is 1. The predicted octanol–water partition coefficient (Wildman–Crippen LogP) is 2.86. The Morgan fingerprint density at radius 3 is 2.62 bits per heavy atom. The molecule has 174 valence electrons. The van der Waals surface area contributed by atoms with E-state index in [0.717, 1.165) is 51.5 Å². The van der Waals surface area contributed by atoms with Gasteiger partial charge in [0.1, 0.15) is 0 Å². The Labute approximate surface area is 209 Å². The molecule has 2 unspecified atom stereocenters. The van der Waals surface area contributed by atoms with Crippen molar-refractivity contribution in [1.29, 1.82) is 0 Å². The van der Waals surface area contributed by atoms with E-state index < -0.39 is 6.10 Å². The Hall–Kier alpha value is -1.84. The van der Waals surface area contributed by atoms with Gasteiger partial charge >= 0.3 is 0 Å². The quantitative estimate of drug-likeness (QED) is 0.282. The van der Waals surface area contributed by atoms with Gasteiger partial charge in [0, 0.05) is 51.0 Å². The maximum Gasteiger partial charge on any atom is 0.191 e. The van der Waals surface area contributed by atoms with Crippen molar-refractivity contribution < 1.29 is 5.11 Å². The number of benzene rings is 2. The molecule has 4 rings (SSSR count). The SMILES string of the molecule is CCNC(=NCC(O)CN1CCc2ccccc2C1)NC1CCN(c2ccccc2)C1.I. The number of fused-ring (bicyclic) bond motifs is 1. The molecule has 0 aliphatic carbocycles. The van der Waals surface area contributed by atoms with Gasteiger partial charge in [-0.25, -0.2) is 0 Å². The molecule has 0 aromatic heterocycles. The van der Waals surface area contributed by atoms with Crippen molar-refractivity contribution in [3.8, 4) is 0 Å². The van der Waals surface area contributed by atoms with E-state index in [4.69, 9.17) is 0 Å². The van der Waals surface area contributed by atoms with Crippen LogP contribution in [0.2, 0.25) is 0 Å². The van der Waals surface area contributed by atoms with E-state index in [0.29, 0.717) is 19.1 Å². The molecule has 0 bridgehead atoms. The number of rotatable bonds is 7. The van der Waals surface area contributed by atoms with Gasteiger partial charge in [0.25, 0.3) is 0 Å². The lowest BCUT2D eigenvalue weighted by Gasteiger charge is -2.30. The van der Waals surface area contributed by atoms with Crippen LogP contribution in [0, 0.1) is 0 Å². The van der Waals surface area contributed by atoms with E-state index in [2.05, 4.69) is 86.9 Å². The highest BCUT2D eigenvalue weighted by molar-refractivity contribution is 14.0. The zero-order valence-corrected chi connectivity index (χ0v) is 21.2. The van der Waals surface area contributed by atoms with Crippen LogP contribution in [-0.2, 0) is 13.0 Å². The summed E-state index contributed by atoms with van der Waals surface area (Å²) in [6.07, 6.45) is 1.66. The largest absolute Gasteiger partial charge is 0.390 e. The van der Waals surface area contributed by atoms with Crippen LogP contribution >= 0.6 is 24.0 Å². The molecule has 2 aliphatic rings. The fourth-order valence-electron chi connectivity index (χ4n) is 4.53. The number of hydrogen-bond donors (Lipinski definition) is 3. The van der Waals surface area contributed by atoms with Crippen molar-refractivity contribution in [1.82, 2.24) is 15.5 Å². The highest BCUT2D eigenvalue weighted by Gasteiger charge is 2.23. The second kappa shape index (κ2) is 12.4. The molecular formula is C25H36IN5O. The van der Waals surface area contributed by atoms with Crippen LogP contribution in [0.3, 0.4) is 0 Å². The minimum atomic E-state index is -0.467. The van der Waals surface area contributed by atoms with E-state index in [1.54, 1.807) is 0 Å². The molecule has 2 atom stereocenters. The van der Waals surface area contributed by atoms with E-state index >= 15 is 0 Å². The number of guanidine groups is 1. The fraction of sp³-hybridized carbons (Fsp3) is 0.480. The van der Waals surface area contributed by atoms with Crippen LogP contribution in [0.5, 0.6) is 0 Å². The molecule has 3 N–H and O–H groups in total. The number of hydrogen-bond acceptors (Lipinski definition) is 4. The Morgan fingerprint density at radius 2 is 1.84 bits per heavy atom. The van der Waals surface area contributed by atoms with E-state index in [-0.39, 0.29) is 24.0 Å². The third kappa shape index (κ3) is 6.83. The number of nitrogens with zero attached hydrogens (tertiary/aromatic N) is 3. The van der Waals surface area contributed by atoms with Crippen molar-refractivity contribution in [3.05, 3.63) is 65.7 Å². The molecule has 0 amide bonds. The minimum absolute atomic E-state index is 0. The molecule has 1 saturated heterocycles. The third-order valence-corrected chi connectivity index (χ3v) is 6.13. The van der Waals surface area contributed by atoms with Crippen LogP contribution in [0.25, 0.3) is 0 Å². The highest BCUT2D eigenvalue weighted by Crippen LogP contribution is 2.20.